The first-order valence-corrected chi connectivity index (χ1v) is 10.7. The molecule has 2 amide bonds. The maximum absolute atomic E-state index is 12.6. The van der Waals surface area contributed by atoms with Crippen molar-refractivity contribution in [2.75, 3.05) is 23.9 Å². The Bertz CT molecular complexity index is 929. The number of hydrogen-bond acceptors (Lipinski definition) is 6. The fraction of sp³-hybridized carbons (Fsp3) is 0.471. The van der Waals surface area contributed by atoms with Crippen LogP contribution in [-0.4, -0.2) is 55.6 Å². The van der Waals surface area contributed by atoms with Crippen LogP contribution >= 0.6 is 11.6 Å². The van der Waals surface area contributed by atoms with Gasteiger partial charge >= 0.3 is 0 Å². The van der Waals surface area contributed by atoms with E-state index in [9.17, 15) is 18.0 Å². The maximum atomic E-state index is 12.6. The molecule has 1 fully saturated rings. The van der Waals surface area contributed by atoms with Gasteiger partial charge in [0.2, 0.25) is 5.91 Å². The third kappa shape index (κ3) is 4.24. The first-order valence-electron chi connectivity index (χ1n) is 8.45. The summed E-state index contributed by atoms with van der Waals surface area (Å²) >= 11 is 6.07. The third-order valence-corrected chi connectivity index (χ3v) is 6.76. The molecule has 0 radical (unpaired) electrons. The number of ether oxygens (including phenoxy) is 1. The van der Waals surface area contributed by atoms with Gasteiger partial charge in [-0.15, -0.1) is 0 Å². The summed E-state index contributed by atoms with van der Waals surface area (Å²) in [6.45, 7) is 1.80. The molecule has 1 N–H and O–H groups in total. The molecular formula is C17H20ClN3O5S. The lowest BCUT2D eigenvalue weighted by Crippen LogP contribution is -2.42. The van der Waals surface area contributed by atoms with Crippen molar-refractivity contribution in [3.05, 3.63) is 22.7 Å². The summed E-state index contributed by atoms with van der Waals surface area (Å²) in [5.41, 5.74) is 1.39. The highest BCUT2D eigenvalue weighted by Gasteiger charge is 2.37. The number of sulfone groups is 1. The van der Waals surface area contributed by atoms with E-state index in [2.05, 4.69) is 10.4 Å². The van der Waals surface area contributed by atoms with Gasteiger partial charge in [0.1, 0.15) is 11.5 Å². The maximum Gasteiger partial charge on any atom is 0.271 e. The number of benzene rings is 1. The van der Waals surface area contributed by atoms with Gasteiger partial charge in [0.15, 0.2) is 9.84 Å². The molecule has 3 rings (SSSR count). The van der Waals surface area contributed by atoms with Crippen LogP contribution < -0.4 is 10.1 Å². The molecule has 1 aromatic carbocycles. The molecule has 1 aromatic rings. The second-order valence-electron chi connectivity index (χ2n) is 6.60. The molecule has 0 unspecified atom stereocenters. The minimum atomic E-state index is -3.17. The summed E-state index contributed by atoms with van der Waals surface area (Å²) in [6, 6.07) is 2.78. The van der Waals surface area contributed by atoms with E-state index in [4.69, 9.17) is 16.3 Å². The fourth-order valence-electron chi connectivity index (χ4n) is 3.11. The van der Waals surface area contributed by atoms with Crippen molar-refractivity contribution in [2.24, 2.45) is 5.10 Å². The number of methoxy groups -OCH3 is 1. The summed E-state index contributed by atoms with van der Waals surface area (Å²) in [4.78, 5) is 24.8. The van der Waals surface area contributed by atoms with Crippen molar-refractivity contribution in [1.82, 2.24) is 5.01 Å². The number of halogens is 1. The predicted octanol–water partition coefficient (Wildman–Crippen LogP) is 1.76. The molecule has 146 valence electrons. The number of amides is 2. The molecule has 1 saturated heterocycles. The van der Waals surface area contributed by atoms with E-state index in [0.717, 1.165) is 10.6 Å². The molecule has 2 aliphatic heterocycles. The highest BCUT2D eigenvalue weighted by atomic mass is 35.5. The van der Waals surface area contributed by atoms with E-state index in [1.807, 2.05) is 0 Å². The Balaban J connectivity index is 1.81. The van der Waals surface area contributed by atoms with E-state index >= 15 is 0 Å². The zero-order valence-electron chi connectivity index (χ0n) is 15.0. The van der Waals surface area contributed by atoms with Crippen LogP contribution in [0.15, 0.2) is 17.2 Å². The molecule has 1 atom stereocenters. The van der Waals surface area contributed by atoms with Crippen LogP contribution in [0.3, 0.4) is 0 Å². The molecular weight excluding hydrogens is 394 g/mol. The molecule has 0 aromatic heterocycles. The SMILES string of the molecule is COc1cc(Cl)c(C)cc1NC(=O)C1=NN([C@@H]2CCS(=O)(=O)C2)C(=O)CC1. The van der Waals surface area contributed by atoms with Gasteiger partial charge in [-0.1, -0.05) is 11.6 Å². The predicted molar refractivity (Wildman–Crippen MR) is 102 cm³/mol. The first-order chi connectivity index (χ1) is 12.7. The molecule has 0 aliphatic carbocycles. The first kappa shape index (κ1) is 19.6. The minimum absolute atomic E-state index is 0.0275. The fourth-order valence-corrected chi connectivity index (χ4v) is 4.96. The van der Waals surface area contributed by atoms with E-state index in [1.54, 1.807) is 19.1 Å². The van der Waals surface area contributed by atoms with Crippen molar-refractivity contribution in [2.45, 2.75) is 32.2 Å². The number of nitrogens with zero attached hydrogens (tertiary/aromatic N) is 2. The zero-order valence-corrected chi connectivity index (χ0v) is 16.6. The van der Waals surface area contributed by atoms with Gasteiger partial charge in [0, 0.05) is 23.9 Å². The summed E-state index contributed by atoms with van der Waals surface area (Å²) in [7, 11) is -1.70. The lowest BCUT2D eigenvalue weighted by Gasteiger charge is -2.27. The van der Waals surface area contributed by atoms with Crippen LogP contribution in [0, 0.1) is 6.92 Å². The second-order valence-corrected chi connectivity index (χ2v) is 9.23. The summed E-state index contributed by atoms with van der Waals surface area (Å²) in [5.74, 6) is -0.423. The van der Waals surface area contributed by atoms with Crippen molar-refractivity contribution < 1.29 is 22.7 Å². The van der Waals surface area contributed by atoms with Crippen LogP contribution in [0.4, 0.5) is 5.69 Å². The third-order valence-electron chi connectivity index (χ3n) is 4.60. The Kier molecular flexibility index (Phi) is 5.43. The Morgan fingerprint density at radius 2 is 2.11 bits per heavy atom. The van der Waals surface area contributed by atoms with E-state index in [-0.39, 0.29) is 36.0 Å². The number of aryl methyl sites for hydroxylation is 1. The molecule has 10 heteroatoms. The number of carbonyl (C=O) groups excluding carboxylic acids is 2. The minimum Gasteiger partial charge on any atom is -0.495 e. The van der Waals surface area contributed by atoms with Gasteiger partial charge in [-0.3, -0.25) is 9.59 Å². The smallest absolute Gasteiger partial charge is 0.271 e. The van der Waals surface area contributed by atoms with Gasteiger partial charge in [0.25, 0.3) is 5.91 Å². The number of hydrogen-bond donors (Lipinski definition) is 1. The Morgan fingerprint density at radius 3 is 2.74 bits per heavy atom. The number of hydrazone groups is 1. The van der Waals surface area contributed by atoms with Crippen LogP contribution in [0.5, 0.6) is 5.75 Å². The van der Waals surface area contributed by atoms with E-state index in [0.29, 0.717) is 22.9 Å². The van der Waals surface area contributed by atoms with Crippen LogP contribution in [0.1, 0.15) is 24.8 Å². The monoisotopic (exact) mass is 413 g/mol. The molecule has 2 aliphatic rings. The van der Waals surface area contributed by atoms with Crippen LogP contribution in [0.2, 0.25) is 5.02 Å². The van der Waals surface area contributed by atoms with E-state index in [1.165, 1.54) is 7.11 Å². The van der Waals surface area contributed by atoms with Crippen molar-refractivity contribution in [3.8, 4) is 5.75 Å². The molecule has 0 bridgehead atoms. The van der Waals surface area contributed by atoms with Gasteiger partial charge in [-0.05, 0) is 25.0 Å². The van der Waals surface area contributed by atoms with Gasteiger partial charge < -0.3 is 10.1 Å². The normalized spacial score (nSPS) is 21.7. The average Bonchev–Trinajstić information content (AvgIpc) is 2.97. The van der Waals surface area contributed by atoms with Gasteiger partial charge in [-0.2, -0.15) is 5.10 Å². The summed E-state index contributed by atoms with van der Waals surface area (Å²) in [6.07, 6.45) is 0.631. The lowest BCUT2D eigenvalue weighted by atomic mass is 10.1. The molecule has 27 heavy (non-hydrogen) atoms. The van der Waals surface area contributed by atoms with Gasteiger partial charge in [-0.25, -0.2) is 13.4 Å². The van der Waals surface area contributed by atoms with Crippen molar-refractivity contribution in [3.63, 3.8) is 0 Å². The Labute approximate surface area is 162 Å². The van der Waals surface area contributed by atoms with Gasteiger partial charge in [0.05, 0.1) is 30.3 Å². The molecule has 0 spiro atoms. The standard InChI is InChI=1S/C17H20ClN3O5S/c1-10-7-14(15(26-2)8-12(10)18)19-17(23)13-3-4-16(22)21(20-13)11-5-6-27(24,25)9-11/h7-8,11H,3-6,9H2,1-2H3,(H,19,23)/t11-/m1/s1. The van der Waals surface area contributed by atoms with Crippen LogP contribution in [-0.2, 0) is 19.4 Å². The average molecular weight is 414 g/mol. The van der Waals surface area contributed by atoms with Crippen molar-refractivity contribution >= 4 is 44.7 Å². The highest BCUT2D eigenvalue weighted by Crippen LogP contribution is 2.31. The quantitative estimate of drug-likeness (QED) is 0.809. The number of rotatable bonds is 4. The number of anilines is 1. The summed E-state index contributed by atoms with van der Waals surface area (Å²) < 4.78 is 28.6. The molecule has 0 saturated carbocycles. The lowest BCUT2D eigenvalue weighted by molar-refractivity contribution is -0.133. The van der Waals surface area contributed by atoms with Crippen LogP contribution in [0.25, 0.3) is 0 Å². The Hall–Kier alpha value is -2.13. The highest BCUT2D eigenvalue weighted by molar-refractivity contribution is 7.91. The second kappa shape index (κ2) is 7.47. The van der Waals surface area contributed by atoms with E-state index < -0.39 is 21.8 Å². The Morgan fingerprint density at radius 1 is 1.37 bits per heavy atom. The number of carbonyl (C=O) groups is 2. The summed E-state index contributed by atoms with van der Waals surface area (Å²) in [5, 5.41) is 8.56. The zero-order chi connectivity index (χ0) is 19.8. The molecule has 2 heterocycles. The number of nitrogens with one attached hydrogen (secondary N) is 1. The topological polar surface area (TPSA) is 105 Å². The molecule has 8 nitrogen and oxygen atoms in total. The largest absolute Gasteiger partial charge is 0.495 e. The van der Waals surface area contributed by atoms with Crippen molar-refractivity contribution in [1.29, 1.82) is 0 Å².